The van der Waals surface area contributed by atoms with Gasteiger partial charge in [0.05, 0.1) is 18.2 Å². The summed E-state index contributed by atoms with van der Waals surface area (Å²) in [6.07, 6.45) is 1.86. The Balaban J connectivity index is 1.98. The summed E-state index contributed by atoms with van der Waals surface area (Å²) in [4.78, 5) is 4.36. The van der Waals surface area contributed by atoms with E-state index in [9.17, 15) is 0 Å². The summed E-state index contributed by atoms with van der Waals surface area (Å²) in [5.41, 5.74) is 2.89. The lowest BCUT2D eigenvalue weighted by molar-refractivity contribution is 1.08. The molecule has 0 radical (unpaired) electrons. The molecule has 0 fully saturated rings. The molecule has 2 nitrogen and oxygen atoms in total. The third-order valence-corrected chi connectivity index (χ3v) is 2.40. The van der Waals surface area contributed by atoms with Crippen LogP contribution in [0, 0.1) is 11.3 Å². The molecule has 82 valence electrons. The van der Waals surface area contributed by atoms with Crippen molar-refractivity contribution in [1.82, 2.24) is 0 Å². The molecule has 0 aliphatic heterocycles. The van der Waals surface area contributed by atoms with E-state index in [4.69, 9.17) is 5.26 Å². The fraction of sp³-hybridized carbons (Fsp3) is 0.0667. The van der Waals surface area contributed by atoms with E-state index in [1.165, 1.54) is 0 Å². The second kappa shape index (κ2) is 5.62. The van der Waals surface area contributed by atoms with Gasteiger partial charge in [0.15, 0.2) is 0 Å². The molecule has 0 aliphatic rings. The number of aliphatic imine (C=N–C) groups is 1. The van der Waals surface area contributed by atoms with Gasteiger partial charge in [-0.2, -0.15) is 5.26 Å². The van der Waals surface area contributed by atoms with Gasteiger partial charge in [-0.25, -0.2) is 0 Å². The summed E-state index contributed by atoms with van der Waals surface area (Å²) in [6.45, 7) is 0.639. The lowest BCUT2D eigenvalue weighted by Crippen LogP contribution is -1.84. The highest BCUT2D eigenvalue weighted by molar-refractivity contribution is 5.79. The van der Waals surface area contributed by atoms with E-state index >= 15 is 0 Å². The van der Waals surface area contributed by atoms with Crippen LogP contribution < -0.4 is 0 Å². The zero-order chi connectivity index (χ0) is 11.9. The molecule has 2 aromatic carbocycles. The van der Waals surface area contributed by atoms with Crippen LogP contribution in [0.4, 0.5) is 0 Å². The van der Waals surface area contributed by atoms with Crippen molar-refractivity contribution in [3.05, 3.63) is 71.3 Å². The maximum Gasteiger partial charge on any atom is 0.0991 e. The Kier molecular flexibility index (Phi) is 3.67. The number of nitrogens with zero attached hydrogens (tertiary/aromatic N) is 2. The van der Waals surface area contributed by atoms with Gasteiger partial charge < -0.3 is 0 Å². The minimum absolute atomic E-state index is 0.639. The van der Waals surface area contributed by atoms with Gasteiger partial charge in [0, 0.05) is 6.21 Å². The van der Waals surface area contributed by atoms with Crippen molar-refractivity contribution in [2.75, 3.05) is 0 Å². The highest BCUT2D eigenvalue weighted by Crippen LogP contribution is 2.04. The van der Waals surface area contributed by atoms with Gasteiger partial charge >= 0.3 is 0 Å². The van der Waals surface area contributed by atoms with Crippen molar-refractivity contribution < 1.29 is 0 Å². The second-order valence-electron chi connectivity index (χ2n) is 3.69. The van der Waals surface area contributed by atoms with Crippen LogP contribution in [0.15, 0.2) is 59.6 Å². The molecule has 0 saturated carbocycles. The van der Waals surface area contributed by atoms with Crippen molar-refractivity contribution >= 4 is 6.21 Å². The number of benzene rings is 2. The topological polar surface area (TPSA) is 36.1 Å². The van der Waals surface area contributed by atoms with Crippen molar-refractivity contribution in [3.63, 3.8) is 0 Å². The minimum Gasteiger partial charge on any atom is -0.288 e. The van der Waals surface area contributed by atoms with Gasteiger partial charge in [-0.05, 0) is 23.3 Å². The monoisotopic (exact) mass is 220 g/mol. The third-order valence-electron chi connectivity index (χ3n) is 2.40. The number of rotatable bonds is 3. The highest BCUT2D eigenvalue weighted by atomic mass is 14.7. The molecule has 0 N–H and O–H groups in total. The van der Waals surface area contributed by atoms with Gasteiger partial charge in [-0.1, -0.05) is 42.5 Å². The van der Waals surface area contributed by atoms with Crippen molar-refractivity contribution in [2.45, 2.75) is 6.54 Å². The van der Waals surface area contributed by atoms with E-state index in [1.807, 2.05) is 60.8 Å². The fourth-order valence-electron chi connectivity index (χ4n) is 1.48. The van der Waals surface area contributed by atoms with E-state index in [0.29, 0.717) is 12.1 Å². The van der Waals surface area contributed by atoms with Crippen molar-refractivity contribution in [1.29, 1.82) is 5.26 Å². The van der Waals surface area contributed by atoms with E-state index in [-0.39, 0.29) is 0 Å². The molecule has 0 atom stereocenters. The Labute approximate surface area is 101 Å². The molecule has 2 aromatic rings. The lowest BCUT2D eigenvalue weighted by Gasteiger charge is -1.96. The fourth-order valence-corrected chi connectivity index (χ4v) is 1.48. The smallest absolute Gasteiger partial charge is 0.0991 e. The van der Waals surface area contributed by atoms with Crippen LogP contribution in [-0.4, -0.2) is 6.21 Å². The molecule has 0 aromatic heterocycles. The van der Waals surface area contributed by atoms with E-state index in [2.05, 4.69) is 11.1 Å². The molecule has 0 bridgehead atoms. The number of hydrogen-bond acceptors (Lipinski definition) is 2. The summed E-state index contributed by atoms with van der Waals surface area (Å²) < 4.78 is 0. The first kappa shape index (κ1) is 11.1. The Morgan fingerprint density at radius 1 is 1.00 bits per heavy atom. The predicted molar refractivity (Wildman–Crippen MR) is 68.9 cm³/mol. The first-order valence-electron chi connectivity index (χ1n) is 5.42. The zero-order valence-electron chi connectivity index (χ0n) is 9.38. The van der Waals surface area contributed by atoms with Crippen LogP contribution in [0.5, 0.6) is 0 Å². The van der Waals surface area contributed by atoms with Gasteiger partial charge in [0.1, 0.15) is 0 Å². The number of hydrogen-bond donors (Lipinski definition) is 0. The summed E-state index contributed by atoms with van der Waals surface area (Å²) in [6, 6.07) is 19.6. The molecule has 0 amide bonds. The molecule has 0 saturated heterocycles. The summed E-state index contributed by atoms with van der Waals surface area (Å²) in [7, 11) is 0. The van der Waals surface area contributed by atoms with Crippen LogP contribution in [0.2, 0.25) is 0 Å². The molecule has 0 aliphatic carbocycles. The van der Waals surface area contributed by atoms with Crippen LogP contribution >= 0.6 is 0 Å². The summed E-state index contributed by atoms with van der Waals surface area (Å²) >= 11 is 0. The normalized spacial score (nSPS) is 10.3. The summed E-state index contributed by atoms with van der Waals surface area (Å²) in [5.74, 6) is 0. The first-order valence-corrected chi connectivity index (χ1v) is 5.42. The quantitative estimate of drug-likeness (QED) is 0.732. The average molecular weight is 220 g/mol. The SMILES string of the molecule is N#Cc1ccc(CN=Cc2ccccc2)cc1. The Morgan fingerprint density at radius 3 is 2.35 bits per heavy atom. The third kappa shape index (κ3) is 3.29. The molecule has 2 heteroatoms. The molecular formula is C15H12N2. The van der Waals surface area contributed by atoms with E-state index in [0.717, 1.165) is 11.1 Å². The first-order chi connectivity index (χ1) is 8.38. The van der Waals surface area contributed by atoms with Crippen LogP contribution in [0.3, 0.4) is 0 Å². The standard InChI is InChI=1S/C15H12N2/c16-10-13-6-8-15(9-7-13)12-17-11-14-4-2-1-3-5-14/h1-9,11H,12H2. The maximum atomic E-state index is 8.67. The maximum absolute atomic E-state index is 8.67. The Hall–Kier alpha value is -2.40. The van der Waals surface area contributed by atoms with Gasteiger partial charge in [-0.15, -0.1) is 0 Å². The molecular weight excluding hydrogens is 208 g/mol. The highest BCUT2D eigenvalue weighted by Gasteiger charge is 1.91. The van der Waals surface area contributed by atoms with Gasteiger partial charge in [0.2, 0.25) is 0 Å². The van der Waals surface area contributed by atoms with Crippen LogP contribution in [0.25, 0.3) is 0 Å². The largest absolute Gasteiger partial charge is 0.288 e. The van der Waals surface area contributed by atoms with E-state index < -0.39 is 0 Å². The molecule has 0 heterocycles. The van der Waals surface area contributed by atoms with E-state index in [1.54, 1.807) is 0 Å². The Morgan fingerprint density at radius 2 is 1.71 bits per heavy atom. The lowest BCUT2D eigenvalue weighted by atomic mass is 10.1. The zero-order valence-corrected chi connectivity index (χ0v) is 9.38. The predicted octanol–water partition coefficient (Wildman–Crippen LogP) is 3.18. The van der Waals surface area contributed by atoms with Gasteiger partial charge in [0.25, 0.3) is 0 Å². The molecule has 0 unspecified atom stereocenters. The average Bonchev–Trinajstić information content (AvgIpc) is 2.41. The Bertz CT molecular complexity index is 533. The van der Waals surface area contributed by atoms with Crippen molar-refractivity contribution in [2.24, 2.45) is 4.99 Å². The molecule has 0 spiro atoms. The molecule has 17 heavy (non-hydrogen) atoms. The minimum atomic E-state index is 0.639. The van der Waals surface area contributed by atoms with Crippen LogP contribution in [0.1, 0.15) is 16.7 Å². The van der Waals surface area contributed by atoms with Crippen molar-refractivity contribution in [3.8, 4) is 6.07 Å². The summed E-state index contributed by atoms with van der Waals surface area (Å²) in [5, 5.41) is 8.67. The van der Waals surface area contributed by atoms with Gasteiger partial charge in [-0.3, -0.25) is 4.99 Å². The number of nitriles is 1. The second-order valence-corrected chi connectivity index (χ2v) is 3.69. The van der Waals surface area contributed by atoms with Crippen LogP contribution in [-0.2, 0) is 6.54 Å². The molecule has 2 rings (SSSR count).